The average molecular weight is 469 g/mol. The number of fused-ring (bicyclic) bond motifs is 1. The van der Waals surface area contributed by atoms with Crippen molar-refractivity contribution in [2.45, 2.75) is 51.8 Å². The number of pyridine rings is 1. The molecule has 0 spiro atoms. The van der Waals surface area contributed by atoms with E-state index in [1.54, 1.807) is 17.3 Å². The molecular weight excluding hydrogens is 440 g/mol. The molecule has 0 saturated carbocycles. The fourth-order valence-electron chi connectivity index (χ4n) is 3.67. The predicted octanol–water partition coefficient (Wildman–Crippen LogP) is 4.00. The maximum atomic E-state index is 13.4. The van der Waals surface area contributed by atoms with Crippen LogP contribution in [0.4, 0.5) is 10.7 Å². The van der Waals surface area contributed by atoms with Gasteiger partial charge < -0.3 is 20.3 Å². The number of ether oxygens (including phenoxy) is 1. The fraction of sp³-hybridized carbons (Fsp3) is 0.435. The fourth-order valence-corrected chi connectivity index (χ4v) is 4.48. The third-order valence-electron chi connectivity index (χ3n) is 5.23. The van der Waals surface area contributed by atoms with Gasteiger partial charge in [-0.15, -0.1) is 11.3 Å². The van der Waals surface area contributed by atoms with Crippen molar-refractivity contribution in [2.75, 3.05) is 18.4 Å². The number of aromatic nitrogens is 3. The Kier molecular flexibility index (Phi) is 6.46. The van der Waals surface area contributed by atoms with Gasteiger partial charge in [-0.05, 0) is 57.2 Å². The summed E-state index contributed by atoms with van der Waals surface area (Å²) in [5.74, 6) is 0.221. The third kappa shape index (κ3) is 5.57. The minimum absolute atomic E-state index is 0.0769. The third-order valence-corrected chi connectivity index (χ3v) is 6.14. The molecule has 0 aromatic carbocycles. The van der Waals surface area contributed by atoms with Crippen LogP contribution in [0.15, 0.2) is 36.0 Å². The zero-order valence-corrected chi connectivity index (χ0v) is 20.0. The Bertz CT molecular complexity index is 1140. The van der Waals surface area contributed by atoms with E-state index in [1.807, 2.05) is 51.3 Å². The Hall–Kier alpha value is -3.27. The molecule has 3 aromatic rings. The lowest BCUT2D eigenvalue weighted by Crippen LogP contribution is -2.41. The summed E-state index contributed by atoms with van der Waals surface area (Å²) in [5, 5.41) is 8.04. The van der Waals surface area contributed by atoms with E-state index in [1.165, 1.54) is 11.3 Å². The second-order valence-corrected chi connectivity index (χ2v) is 9.98. The number of carbonyl (C=O) groups excluding carboxylic acids is 2. The average Bonchev–Trinajstić information content (AvgIpc) is 3.41. The summed E-state index contributed by atoms with van der Waals surface area (Å²) in [4.78, 5) is 40.5. The Morgan fingerprint density at radius 2 is 2.09 bits per heavy atom. The van der Waals surface area contributed by atoms with Crippen LogP contribution >= 0.6 is 11.3 Å². The van der Waals surface area contributed by atoms with Crippen molar-refractivity contribution in [2.24, 2.45) is 0 Å². The molecule has 1 aliphatic heterocycles. The molecule has 1 unspecified atom stereocenters. The molecule has 4 rings (SSSR count). The van der Waals surface area contributed by atoms with Crippen molar-refractivity contribution in [3.63, 3.8) is 0 Å². The summed E-state index contributed by atoms with van der Waals surface area (Å²) in [6, 6.07) is 5.50. The van der Waals surface area contributed by atoms with Gasteiger partial charge in [0, 0.05) is 25.5 Å². The minimum atomic E-state index is -0.569. The molecule has 2 amide bonds. The van der Waals surface area contributed by atoms with E-state index < -0.39 is 11.7 Å². The van der Waals surface area contributed by atoms with Gasteiger partial charge in [0.1, 0.15) is 5.60 Å². The smallest absolute Gasteiger partial charge is 0.407 e. The van der Waals surface area contributed by atoms with Gasteiger partial charge in [-0.2, -0.15) is 0 Å². The molecule has 1 aliphatic rings. The first-order valence-corrected chi connectivity index (χ1v) is 11.8. The van der Waals surface area contributed by atoms with Crippen LogP contribution in [0.3, 0.4) is 0 Å². The van der Waals surface area contributed by atoms with Gasteiger partial charge >= 0.3 is 6.09 Å². The molecule has 1 saturated heterocycles. The number of anilines is 1. The number of hydrogen-bond donors (Lipinski definition) is 2. The van der Waals surface area contributed by atoms with Gasteiger partial charge in [0.15, 0.2) is 5.69 Å². The molecule has 4 heterocycles. The van der Waals surface area contributed by atoms with E-state index in [-0.39, 0.29) is 18.0 Å². The van der Waals surface area contributed by atoms with E-state index >= 15 is 0 Å². The number of likely N-dealkylation sites (tertiary alicyclic amines) is 1. The normalized spacial score (nSPS) is 17.1. The summed E-state index contributed by atoms with van der Waals surface area (Å²) >= 11 is 1.44. The Balaban J connectivity index is 1.49. The number of nitrogens with zero attached hydrogens (tertiary/aromatic N) is 4. The molecular formula is C23H28N6O3S. The number of rotatable bonds is 5. The van der Waals surface area contributed by atoms with Crippen molar-refractivity contribution in [3.05, 3.63) is 47.2 Å². The molecule has 3 aromatic heterocycles. The summed E-state index contributed by atoms with van der Waals surface area (Å²) in [6.07, 6.45) is 3.70. The van der Waals surface area contributed by atoms with Crippen LogP contribution in [-0.2, 0) is 4.74 Å². The molecule has 2 atom stereocenters. The number of carbonyl (C=O) groups is 2. The van der Waals surface area contributed by atoms with Gasteiger partial charge in [0.2, 0.25) is 5.95 Å². The quantitative estimate of drug-likeness (QED) is 0.582. The highest BCUT2D eigenvalue weighted by Gasteiger charge is 2.31. The van der Waals surface area contributed by atoms with Gasteiger partial charge in [0.25, 0.3) is 5.91 Å². The Morgan fingerprint density at radius 1 is 1.27 bits per heavy atom. The van der Waals surface area contributed by atoms with Gasteiger partial charge in [-0.25, -0.2) is 14.8 Å². The van der Waals surface area contributed by atoms with E-state index in [0.717, 1.165) is 15.8 Å². The highest BCUT2D eigenvalue weighted by molar-refractivity contribution is 7.17. The van der Waals surface area contributed by atoms with Crippen LogP contribution in [0.1, 0.15) is 56.2 Å². The summed E-state index contributed by atoms with van der Waals surface area (Å²) in [6.45, 7) is 8.39. The molecule has 0 radical (unpaired) electrons. The molecule has 1 fully saturated rings. The van der Waals surface area contributed by atoms with Gasteiger partial charge in [-0.3, -0.25) is 9.78 Å². The lowest BCUT2D eigenvalue weighted by molar-refractivity contribution is 0.0502. The van der Waals surface area contributed by atoms with Crippen LogP contribution in [-0.4, -0.2) is 56.6 Å². The number of amides is 2. The topological polar surface area (TPSA) is 109 Å². The zero-order valence-electron chi connectivity index (χ0n) is 19.2. The van der Waals surface area contributed by atoms with E-state index in [2.05, 4.69) is 25.6 Å². The Morgan fingerprint density at radius 3 is 2.82 bits per heavy atom. The predicted molar refractivity (Wildman–Crippen MR) is 127 cm³/mol. The molecule has 2 N–H and O–H groups in total. The minimum Gasteiger partial charge on any atom is -0.444 e. The molecule has 33 heavy (non-hydrogen) atoms. The van der Waals surface area contributed by atoms with E-state index in [0.29, 0.717) is 31.2 Å². The maximum absolute atomic E-state index is 13.4. The van der Waals surface area contributed by atoms with Gasteiger partial charge in [0.05, 0.1) is 22.3 Å². The standard InChI is InChI=1S/C23H28N6O3S/c1-14(15-6-5-9-24-12-15)25-21-27-17-8-11-33-19(17)18(28-21)20(30)29-10-7-16(13-29)26-22(31)32-23(2,3)4/h5-6,8-9,11-12,14,16H,7,10,13H2,1-4H3,(H,26,31)(H,25,27,28)/t14?,16-/m1/s1. The number of thiophene rings is 1. The highest BCUT2D eigenvalue weighted by Crippen LogP contribution is 2.27. The largest absolute Gasteiger partial charge is 0.444 e. The molecule has 9 nitrogen and oxygen atoms in total. The zero-order chi connectivity index (χ0) is 23.6. The maximum Gasteiger partial charge on any atom is 0.407 e. The van der Waals surface area contributed by atoms with E-state index in [4.69, 9.17) is 4.74 Å². The highest BCUT2D eigenvalue weighted by atomic mass is 32.1. The summed E-state index contributed by atoms with van der Waals surface area (Å²) in [5.41, 5.74) is 1.52. The van der Waals surface area contributed by atoms with Crippen LogP contribution in [0.5, 0.6) is 0 Å². The van der Waals surface area contributed by atoms with Crippen LogP contribution in [0, 0.1) is 0 Å². The second kappa shape index (κ2) is 9.30. The number of hydrogen-bond acceptors (Lipinski definition) is 8. The first kappa shape index (κ1) is 22.9. The molecule has 0 bridgehead atoms. The van der Waals surface area contributed by atoms with Crippen LogP contribution in [0.2, 0.25) is 0 Å². The van der Waals surface area contributed by atoms with E-state index in [9.17, 15) is 9.59 Å². The monoisotopic (exact) mass is 468 g/mol. The number of alkyl carbamates (subject to hydrolysis) is 1. The molecule has 10 heteroatoms. The summed E-state index contributed by atoms with van der Waals surface area (Å²) < 4.78 is 6.08. The first-order chi connectivity index (χ1) is 15.7. The molecule has 0 aliphatic carbocycles. The lowest BCUT2D eigenvalue weighted by Gasteiger charge is -2.22. The van der Waals surface area contributed by atoms with Crippen molar-refractivity contribution >= 4 is 39.5 Å². The van der Waals surface area contributed by atoms with Gasteiger partial charge in [-0.1, -0.05) is 6.07 Å². The Labute approximate surface area is 196 Å². The van der Waals surface area contributed by atoms with Crippen LogP contribution < -0.4 is 10.6 Å². The molecule has 174 valence electrons. The SMILES string of the molecule is CC(Nc1nc(C(=O)N2CC[C@@H](NC(=O)OC(C)(C)C)C2)c2sccc2n1)c1cccnc1. The van der Waals surface area contributed by atoms with Crippen molar-refractivity contribution in [1.29, 1.82) is 0 Å². The summed E-state index contributed by atoms with van der Waals surface area (Å²) in [7, 11) is 0. The van der Waals surface area contributed by atoms with Crippen molar-refractivity contribution in [3.8, 4) is 0 Å². The second-order valence-electron chi connectivity index (χ2n) is 9.07. The first-order valence-electron chi connectivity index (χ1n) is 10.9. The van der Waals surface area contributed by atoms with Crippen molar-refractivity contribution in [1.82, 2.24) is 25.2 Å². The van der Waals surface area contributed by atoms with Crippen molar-refractivity contribution < 1.29 is 14.3 Å². The van der Waals surface area contributed by atoms with Crippen LogP contribution in [0.25, 0.3) is 10.2 Å². The number of nitrogens with one attached hydrogen (secondary N) is 2. The lowest BCUT2D eigenvalue weighted by atomic mass is 10.1.